The van der Waals surface area contributed by atoms with Crippen molar-refractivity contribution >= 4 is 17.8 Å². The fraction of sp³-hybridized carbons (Fsp3) is 0.526. The van der Waals surface area contributed by atoms with Crippen molar-refractivity contribution in [1.29, 1.82) is 0 Å². The quantitative estimate of drug-likeness (QED) is 0.603. The number of benzene rings is 1. The van der Waals surface area contributed by atoms with Crippen molar-refractivity contribution in [3.05, 3.63) is 17.7 Å². The average Bonchev–Trinajstić information content (AvgIpc) is 3.19. The summed E-state index contributed by atoms with van der Waals surface area (Å²) in [5.41, 5.74) is 0.501. The summed E-state index contributed by atoms with van der Waals surface area (Å²) in [7, 11) is 1.58. The summed E-state index contributed by atoms with van der Waals surface area (Å²) < 4.78 is 16.5. The number of ether oxygens (including phenoxy) is 3. The molecule has 10 heteroatoms. The number of likely N-dealkylation sites (N-methyl/N-ethyl adjacent to an activating group) is 1. The smallest absolute Gasteiger partial charge is 0.414 e. The SMILES string of the molecule is CCN1CCCC1CNC(=O)c1ccc(OC)c2c1OCCO2.O=C(O)C(=O)O. The molecule has 1 amide bonds. The normalized spacial score (nSPS) is 17.7. The largest absolute Gasteiger partial charge is 0.493 e. The fourth-order valence-corrected chi connectivity index (χ4v) is 3.30. The number of likely N-dealkylation sites (tertiary alicyclic amines) is 1. The van der Waals surface area contributed by atoms with Crippen LogP contribution >= 0.6 is 0 Å². The Morgan fingerprint density at radius 1 is 1.17 bits per heavy atom. The van der Waals surface area contributed by atoms with E-state index in [0.29, 0.717) is 48.6 Å². The lowest BCUT2D eigenvalue weighted by molar-refractivity contribution is -0.159. The van der Waals surface area contributed by atoms with Crippen LogP contribution in [0.1, 0.15) is 30.1 Å². The van der Waals surface area contributed by atoms with Gasteiger partial charge in [-0.15, -0.1) is 0 Å². The van der Waals surface area contributed by atoms with Gasteiger partial charge in [0.1, 0.15) is 13.2 Å². The van der Waals surface area contributed by atoms with E-state index < -0.39 is 11.9 Å². The van der Waals surface area contributed by atoms with Gasteiger partial charge in [-0.2, -0.15) is 0 Å². The van der Waals surface area contributed by atoms with Gasteiger partial charge in [0.05, 0.1) is 12.7 Å². The van der Waals surface area contributed by atoms with Crippen LogP contribution in [0.15, 0.2) is 12.1 Å². The minimum Gasteiger partial charge on any atom is -0.493 e. The van der Waals surface area contributed by atoms with Crippen LogP contribution in [0.25, 0.3) is 0 Å². The number of hydrogen-bond acceptors (Lipinski definition) is 7. The lowest BCUT2D eigenvalue weighted by atomic mass is 10.1. The number of amides is 1. The van der Waals surface area contributed by atoms with Gasteiger partial charge in [0.2, 0.25) is 5.75 Å². The van der Waals surface area contributed by atoms with Gasteiger partial charge in [0.25, 0.3) is 5.91 Å². The number of nitrogens with zero attached hydrogens (tertiary/aromatic N) is 1. The number of aliphatic carboxylic acids is 2. The maximum Gasteiger partial charge on any atom is 0.414 e. The second kappa shape index (κ2) is 10.5. The average molecular weight is 410 g/mol. The van der Waals surface area contributed by atoms with Crippen LogP contribution in [-0.2, 0) is 9.59 Å². The number of nitrogens with one attached hydrogen (secondary N) is 1. The molecule has 2 aliphatic heterocycles. The van der Waals surface area contributed by atoms with Crippen molar-refractivity contribution in [3.63, 3.8) is 0 Å². The lowest BCUT2D eigenvalue weighted by Gasteiger charge is -2.24. The Labute approximate surface area is 168 Å². The molecule has 1 aromatic rings. The molecule has 1 atom stereocenters. The third-order valence-electron chi connectivity index (χ3n) is 4.70. The molecule has 160 valence electrons. The zero-order valence-corrected chi connectivity index (χ0v) is 16.5. The first-order valence-electron chi connectivity index (χ1n) is 9.34. The first-order valence-corrected chi connectivity index (χ1v) is 9.34. The van der Waals surface area contributed by atoms with E-state index in [-0.39, 0.29) is 5.91 Å². The molecule has 10 nitrogen and oxygen atoms in total. The second-order valence-corrected chi connectivity index (χ2v) is 6.42. The zero-order valence-electron chi connectivity index (χ0n) is 16.5. The molecule has 0 radical (unpaired) electrons. The Morgan fingerprint density at radius 3 is 2.41 bits per heavy atom. The molecule has 0 aromatic heterocycles. The zero-order chi connectivity index (χ0) is 21.4. The highest BCUT2D eigenvalue weighted by atomic mass is 16.6. The predicted octanol–water partition coefficient (Wildman–Crippen LogP) is 0.836. The molecule has 1 aromatic carbocycles. The third-order valence-corrected chi connectivity index (χ3v) is 4.70. The van der Waals surface area contributed by atoms with Gasteiger partial charge in [0, 0.05) is 12.6 Å². The molecular weight excluding hydrogens is 384 g/mol. The maximum absolute atomic E-state index is 12.6. The van der Waals surface area contributed by atoms with Crippen LogP contribution in [0.4, 0.5) is 0 Å². The monoisotopic (exact) mass is 410 g/mol. The van der Waals surface area contributed by atoms with Crippen molar-refractivity contribution in [2.24, 2.45) is 0 Å². The summed E-state index contributed by atoms with van der Waals surface area (Å²) >= 11 is 0. The molecule has 2 aliphatic rings. The lowest BCUT2D eigenvalue weighted by Crippen LogP contribution is -2.40. The molecule has 0 spiro atoms. The highest BCUT2D eigenvalue weighted by molar-refractivity contribution is 6.27. The summed E-state index contributed by atoms with van der Waals surface area (Å²) in [6.45, 7) is 5.86. The Bertz CT molecular complexity index is 740. The summed E-state index contributed by atoms with van der Waals surface area (Å²) in [6.07, 6.45) is 2.33. The van der Waals surface area contributed by atoms with Crippen molar-refractivity contribution in [1.82, 2.24) is 10.2 Å². The fourth-order valence-electron chi connectivity index (χ4n) is 3.30. The van der Waals surface area contributed by atoms with Crippen LogP contribution in [0, 0.1) is 0 Å². The summed E-state index contributed by atoms with van der Waals surface area (Å²) in [4.78, 5) is 33.2. The molecule has 1 saturated heterocycles. The standard InChI is InChI=1S/C17H24N2O4.C2H2O4/c1-3-19-8-4-5-12(19)11-18-17(20)13-6-7-14(21-2)16-15(13)22-9-10-23-16;3-1(4)2(5)6/h6-7,12H,3-5,8-11H2,1-2H3,(H,18,20);(H,3,4)(H,5,6). The van der Waals surface area contributed by atoms with Crippen LogP contribution in [0.2, 0.25) is 0 Å². The van der Waals surface area contributed by atoms with Gasteiger partial charge in [-0.05, 0) is 38.1 Å². The number of methoxy groups -OCH3 is 1. The first-order chi connectivity index (χ1) is 13.9. The van der Waals surface area contributed by atoms with Crippen molar-refractivity contribution in [2.75, 3.05) is 40.0 Å². The van der Waals surface area contributed by atoms with Gasteiger partial charge in [-0.3, -0.25) is 9.69 Å². The number of fused-ring (bicyclic) bond motifs is 1. The molecule has 0 bridgehead atoms. The molecule has 1 fully saturated rings. The molecule has 2 heterocycles. The molecule has 1 unspecified atom stereocenters. The number of hydrogen-bond donors (Lipinski definition) is 3. The molecular formula is C19H26N2O8. The van der Waals surface area contributed by atoms with Crippen LogP contribution < -0.4 is 19.5 Å². The molecule has 3 N–H and O–H groups in total. The van der Waals surface area contributed by atoms with Gasteiger partial charge in [0.15, 0.2) is 11.5 Å². The van der Waals surface area contributed by atoms with Crippen LogP contribution in [0.5, 0.6) is 17.2 Å². The Hall–Kier alpha value is -3.01. The van der Waals surface area contributed by atoms with E-state index in [1.165, 1.54) is 6.42 Å². The first kappa shape index (κ1) is 22.3. The number of carbonyl (C=O) groups is 3. The van der Waals surface area contributed by atoms with E-state index in [4.69, 9.17) is 34.0 Å². The third kappa shape index (κ3) is 5.74. The topological polar surface area (TPSA) is 135 Å². The number of rotatable bonds is 5. The second-order valence-electron chi connectivity index (χ2n) is 6.42. The summed E-state index contributed by atoms with van der Waals surface area (Å²) in [6, 6.07) is 3.90. The maximum atomic E-state index is 12.6. The van der Waals surface area contributed by atoms with Crippen LogP contribution in [0.3, 0.4) is 0 Å². The van der Waals surface area contributed by atoms with E-state index in [9.17, 15) is 4.79 Å². The van der Waals surface area contributed by atoms with Crippen molar-refractivity contribution in [3.8, 4) is 17.2 Å². The Balaban J connectivity index is 0.000000438. The molecule has 29 heavy (non-hydrogen) atoms. The minimum atomic E-state index is -1.82. The van der Waals surface area contributed by atoms with E-state index in [0.717, 1.165) is 19.5 Å². The van der Waals surface area contributed by atoms with E-state index in [1.54, 1.807) is 19.2 Å². The highest BCUT2D eigenvalue weighted by Crippen LogP contribution is 2.41. The van der Waals surface area contributed by atoms with E-state index >= 15 is 0 Å². The van der Waals surface area contributed by atoms with Gasteiger partial charge >= 0.3 is 11.9 Å². The number of carbonyl (C=O) groups excluding carboxylic acids is 1. The Morgan fingerprint density at radius 2 is 1.83 bits per heavy atom. The van der Waals surface area contributed by atoms with Crippen molar-refractivity contribution < 1.29 is 38.8 Å². The highest BCUT2D eigenvalue weighted by Gasteiger charge is 2.27. The van der Waals surface area contributed by atoms with E-state index in [2.05, 4.69) is 17.1 Å². The number of carboxylic acids is 2. The molecule has 0 saturated carbocycles. The molecule has 3 rings (SSSR count). The summed E-state index contributed by atoms with van der Waals surface area (Å²) in [5.74, 6) is -2.19. The van der Waals surface area contributed by atoms with Gasteiger partial charge < -0.3 is 29.7 Å². The van der Waals surface area contributed by atoms with Gasteiger partial charge in [-0.1, -0.05) is 6.92 Å². The Kier molecular flexibility index (Phi) is 8.08. The van der Waals surface area contributed by atoms with E-state index in [1.807, 2.05) is 0 Å². The van der Waals surface area contributed by atoms with Crippen molar-refractivity contribution in [2.45, 2.75) is 25.8 Å². The number of carboxylic acid groups (broad SMARTS) is 2. The van der Waals surface area contributed by atoms with Crippen LogP contribution in [-0.4, -0.2) is 79.0 Å². The molecule has 0 aliphatic carbocycles. The summed E-state index contributed by atoms with van der Waals surface area (Å²) in [5, 5.41) is 17.8. The van der Waals surface area contributed by atoms with Gasteiger partial charge in [-0.25, -0.2) is 9.59 Å². The minimum absolute atomic E-state index is 0.127. The predicted molar refractivity (Wildman–Crippen MR) is 102 cm³/mol.